The Morgan fingerprint density at radius 3 is 2.54 bits per heavy atom. The first-order valence-corrected chi connectivity index (χ1v) is 6.77. The van der Waals surface area contributed by atoms with Gasteiger partial charge in [0.1, 0.15) is 0 Å². The van der Waals surface area contributed by atoms with Crippen LogP contribution in [0.3, 0.4) is 0 Å². The number of rotatable bonds is 4. The van der Waals surface area contributed by atoms with Gasteiger partial charge in [-0.3, -0.25) is 0 Å². The molecule has 0 amide bonds. The smallest absolute Gasteiger partial charge is 0.0212 e. The molecule has 0 bridgehead atoms. The van der Waals surface area contributed by atoms with Crippen LogP contribution in [0.2, 0.25) is 0 Å². The van der Waals surface area contributed by atoms with E-state index in [2.05, 4.69) is 42.3 Å². The number of allylic oxidation sites excluding steroid dienone is 1. The molecule has 1 aromatic rings. The topological polar surface area (TPSA) is 0 Å². The highest BCUT2D eigenvalue weighted by atomic mass is 33.1. The van der Waals surface area contributed by atoms with Crippen LogP contribution in [0.15, 0.2) is 42.8 Å². The summed E-state index contributed by atoms with van der Waals surface area (Å²) in [6.45, 7) is 7.12. The predicted molar refractivity (Wildman–Crippen MR) is 69.9 cm³/mol. The van der Waals surface area contributed by atoms with Gasteiger partial charge in [0.15, 0.2) is 0 Å². The molecule has 0 unspecified atom stereocenters. The van der Waals surface area contributed by atoms with E-state index in [1.54, 1.807) is 11.3 Å². The minimum atomic E-state index is 0.934. The van der Waals surface area contributed by atoms with Gasteiger partial charge < -0.3 is 0 Å². The molecule has 0 aromatic carbocycles. The summed E-state index contributed by atoms with van der Waals surface area (Å²) < 4.78 is 0. The van der Waals surface area contributed by atoms with Crippen LogP contribution in [0.5, 0.6) is 0 Å². The van der Waals surface area contributed by atoms with E-state index in [1.807, 2.05) is 12.2 Å². The molecule has 0 atom stereocenters. The second-order valence-electron chi connectivity index (χ2n) is 2.16. The molecule has 1 aromatic heterocycles. The predicted octanol–water partition coefficient (Wildman–Crippen LogP) is 4.23. The van der Waals surface area contributed by atoms with E-state index >= 15 is 0 Å². The molecule has 13 heavy (non-hydrogen) atoms. The third-order valence-corrected chi connectivity index (χ3v) is 2.85. The standard InChI is InChI=1S/C7H8S.C3H6S2/c1-2-4-7-5-3-6-8-7;1-2-3-5-4/h2-3,5-6H,1,4H2;2,4H,1,3H2. The van der Waals surface area contributed by atoms with E-state index in [9.17, 15) is 0 Å². The highest BCUT2D eigenvalue weighted by Crippen LogP contribution is 2.08. The molecular weight excluding hydrogens is 216 g/mol. The summed E-state index contributed by atoms with van der Waals surface area (Å²) in [7, 11) is 1.48. The fraction of sp³-hybridized carbons (Fsp3) is 0.200. The van der Waals surface area contributed by atoms with Crippen molar-refractivity contribution in [3.8, 4) is 0 Å². The van der Waals surface area contributed by atoms with Crippen LogP contribution in [0.1, 0.15) is 4.88 Å². The monoisotopic (exact) mass is 230 g/mol. The summed E-state index contributed by atoms with van der Waals surface area (Å²) in [6.07, 6.45) is 4.75. The quantitative estimate of drug-likeness (QED) is 0.459. The van der Waals surface area contributed by atoms with Crippen molar-refractivity contribution < 1.29 is 0 Å². The van der Waals surface area contributed by atoms with Gasteiger partial charge >= 0.3 is 0 Å². The summed E-state index contributed by atoms with van der Waals surface area (Å²) >= 11 is 5.62. The van der Waals surface area contributed by atoms with E-state index < -0.39 is 0 Å². The van der Waals surface area contributed by atoms with Gasteiger partial charge in [-0.25, -0.2) is 0 Å². The van der Waals surface area contributed by atoms with E-state index in [1.165, 1.54) is 15.7 Å². The lowest BCUT2D eigenvalue weighted by molar-refractivity contribution is 1.36. The van der Waals surface area contributed by atoms with Crippen LogP contribution < -0.4 is 0 Å². The Morgan fingerprint density at radius 2 is 2.23 bits per heavy atom. The van der Waals surface area contributed by atoms with Gasteiger partial charge in [-0.2, -0.15) is 0 Å². The zero-order valence-corrected chi connectivity index (χ0v) is 10.0. The fourth-order valence-electron chi connectivity index (χ4n) is 0.624. The highest BCUT2D eigenvalue weighted by Gasteiger charge is 1.84. The van der Waals surface area contributed by atoms with Crippen molar-refractivity contribution in [3.63, 3.8) is 0 Å². The maximum absolute atomic E-state index is 3.85. The Labute approximate surface area is 93.6 Å². The fourth-order valence-corrected chi connectivity index (χ4v) is 1.75. The number of thiol groups is 1. The van der Waals surface area contributed by atoms with E-state index in [0.717, 1.165) is 12.2 Å². The molecule has 0 saturated heterocycles. The Kier molecular flexibility index (Phi) is 9.87. The molecule has 0 aliphatic carbocycles. The van der Waals surface area contributed by atoms with Gasteiger partial charge in [0.2, 0.25) is 0 Å². The maximum Gasteiger partial charge on any atom is 0.0212 e. The highest BCUT2D eigenvalue weighted by molar-refractivity contribution is 8.68. The van der Waals surface area contributed by atoms with Crippen LogP contribution >= 0.6 is 33.8 Å². The zero-order valence-electron chi connectivity index (χ0n) is 7.48. The Bertz CT molecular complexity index is 214. The van der Waals surface area contributed by atoms with Crippen molar-refractivity contribution in [2.75, 3.05) is 5.75 Å². The molecule has 72 valence electrons. The first-order valence-electron chi connectivity index (χ1n) is 3.85. The third kappa shape index (κ3) is 8.22. The van der Waals surface area contributed by atoms with Crippen molar-refractivity contribution in [2.24, 2.45) is 0 Å². The number of hydrogen-bond donors (Lipinski definition) is 1. The van der Waals surface area contributed by atoms with Gasteiger partial charge in [-0.05, 0) is 17.9 Å². The molecule has 0 nitrogen and oxygen atoms in total. The SMILES string of the molecule is C=CCSS.C=CCc1cccs1. The van der Waals surface area contributed by atoms with Crippen LogP contribution in [0.25, 0.3) is 0 Å². The Morgan fingerprint density at radius 1 is 1.46 bits per heavy atom. The van der Waals surface area contributed by atoms with Crippen molar-refractivity contribution >= 4 is 33.8 Å². The van der Waals surface area contributed by atoms with Crippen LogP contribution in [-0.2, 0) is 6.42 Å². The molecule has 0 aliphatic rings. The normalized spacial score (nSPS) is 8.38. The largest absolute Gasteiger partial charge is 0.149 e. The lowest BCUT2D eigenvalue weighted by atomic mass is 10.3. The molecule has 0 aliphatic heterocycles. The second-order valence-corrected chi connectivity index (χ2v) is 4.55. The molecule has 3 heteroatoms. The molecule has 0 fully saturated rings. The second kappa shape index (κ2) is 9.96. The van der Waals surface area contributed by atoms with Crippen molar-refractivity contribution in [1.82, 2.24) is 0 Å². The number of thiophene rings is 1. The summed E-state index contributed by atoms with van der Waals surface area (Å²) in [5.74, 6) is 0.934. The maximum atomic E-state index is 3.85. The average molecular weight is 230 g/mol. The Hall–Kier alpha value is -0.120. The van der Waals surface area contributed by atoms with Gasteiger partial charge in [0, 0.05) is 10.6 Å². The molecule has 0 radical (unpaired) electrons. The number of hydrogen-bond acceptors (Lipinski definition) is 3. The minimum Gasteiger partial charge on any atom is -0.149 e. The van der Waals surface area contributed by atoms with Crippen LogP contribution in [0, 0.1) is 0 Å². The van der Waals surface area contributed by atoms with Gasteiger partial charge in [-0.1, -0.05) is 29.0 Å². The zero-order chi connectivity index (χ0) is 9.94. The van der Waals surface area contributed by atoms with Crippen LogP contribution in [0.4, 0.5) is 0 Å². The summed E-state index contributed by atoms with van der Waals surface area (Å²) in [5.41, 5.74) is 0. The molecule has 0 saturated carbocycles. The summed E-state index contributed by atoms with van der Waals surface area (Å²) in [6, 6.07) is 4.18. The van der Waals surface area contributed by atoms with Gasteiger partial charge in [0.25, 0.3) is 0 Å². The lowest BCUT2D eigenvalue weighted by Crippen LogP contribution is -1.66. The first-order chi connectivity index (χ1) is 6.35. The molecular formula is C10H14S3. The minimum absolute atomic E-state index is 0.934. The molecule has 1 rings (SSSR count). The molecule has 0 N–H and O–H groups in total. The molecule has 1 heterocycles. The summed E-state index contributed by atoms with van der Waals surface area (Å²) in [4.78, 5) is 1.39. The lowest BCUT2D eigenvalue weighted by Gasteiger charge is -1.81. The van der Waals surface area contributed by atoms with Gasteiger partial charge in [-0.15, -0.1) is 36.2 Å². The van der Waals surface area contributed by atoms with Gasteiger partial charge in [0.05, 0.1) is 0 Å². The van der Waals surface area contributed by atoms with Crippen molar-refractivity contribution in [1.29, 1.82) is 0 Å². The Balaban J connectivity index is 0.000000252. The first kappa shape index (κ1) is 12.9. The van der Waals surface area contributed by atoms with E-state index in [0.29, 0.717) is 0 Å². The summed E-state index contributed by atoms with van der Waals surface area (Å²) in [5, 5.41) is 2.08. The molecule has 0 spiro atoms. The van der Waals surface area contributed by atoms with Crippen molar-refractivity contribution in [2.45, 2.75) is 6.42 Å². The van der Waals surface area contributed by atoms with E-state index in [4.69, 9.17) is 0 Å². The van der Waals surface area contributed by atoms with Crippen LogP contribution in [-0.4, -0.2) is 5.75 Å². The van der Waals surface area contributed by atoms with Crippen molar-refractivity contribution in [3.05, 3.63) is 47.7 Å². The third-order valence-electron chi connectivity index (χ3n) is 1.12. The average Bonchev–Trinajstić information content (AvgIpc) is 2.60. The van der Waals surface area contributed by atoms with E-state index in [-0.39, 0.29) is 0 Å².